The van der Waals surface area contributed by atoms with Crippen LogP contribution >= 0.6 is 0 Å². The van der Waals surface area contributed by atoms with Crippen LogP contribution in [0.5, 0.6) is 0 Å². The minimum Gasteiger partial charge on any atom is -0.323 e. The lowest BCUT2D eigenvalue weighted by Gasteiger charge is -2.18. The molecular formula is C26H24N4O3S. The van der Waals surface area contributed by atoms with Gasteiger partial charge in [-0.1, -0.05) is 54.6 Å². The van der Waals surface area contributed by atoms with E-state index in [0.717, 1.165) is 11.1 Å². The Bertz CT molecular complexity index is 1360. The summed E-state index contributed by atoms with van der Waals surface area (Å²) < 4.78 is 28.9. The molecule has 0 saturated carbocycles. The van der Waals surface area contributed by atoms with Crippen molar-refractivity contribution in [1.29, 1.82) is 0 Å². The van der Waals surface area contributed by atoms with E-state index >= 15 is 0 Å². The summed E-state index contributed by atoms with van der Waals surface area (Å²) >= 11 is 0. The molecule has 34 heavy (non-hydrogen) atoms. The largest absolute Gasteiger partial charge is 0.323 e. The Hall–Kier alpha value is -4.17. The Labute approximate surface area is 199 Å². The molecule has 0 aliphatic rings. The molecule has 0 saturated heterocycles. The van der Waals surface area contributed by atoms with Crippen molar-refractivity contribution in [3.8, 4) is 11.1 Å². The van der Waals surface area contributed by atoms with Crippen molar-refractivity contribution in [3.63, 3.8) is 0 Å². The molecule has 0 spiro atoms. The Kier molecular flexibility index (Phi) is 6.89. The molecule has 8 heteroatoms. The van der Waals surface area contributed by atoms with Crippen molar-refractivity contribution >= 4 is 27.4 Å². The molecule has 1 heterocycles. The molecule has 0 radical (unpaired) electrons. The highest BCUT2D eigenvalue weighted by molar-refractivity contribution is 7.92. The van der Waals surface area contributed by atoms with Crippen molar-refractivity contribution in [2.45, 2.75) is 11.4 Å². The number of carbonyl (C=O) groups excluding carboxylic acids is 1. The fourth-order valence-corrected chi connectivity index (χ4v) is 4.73. The highest BCUT2D eigenvalue weighted by Crippen LogP contribution is 2.28. The molecule has 172 valence electrons. The van der Waals surface area contributed by atoms with Crippen molar-refractivity contribution in [3.05, 3.63) is 109 Å². The maximum atomic E-state index is 13.1. The van der Waals surface area contributed by atoms with Crippen LogP contribution in [0.2, 0.25) is 0 Å². The van der Waals surface area contributed by atoms with Gasteiger partial charge in [-0.3, -0.25) is 9.71 Å². The number of nitrogens with one attached hydrogen (secondary N) is 2. The van der Waals surface area contributed by atoms with Gasteiger partial charge in [0.25, 0.3) is 10.0 Å². The molecule has 2 amide bonds. The van der Waals surface area contributed by atoms with E-state index in [0.29, 0.717) is 23.5 Å². The molecule has 4 aromatic rings. The first kappa shape index (κ1) is 23.0. The van der Waals surface area contributed by atoms with E-state index in [1.54, 1.807) is 61.9 Å². The van der Waals surface area contributed by atoms with Crippen LogP contribution in [0.1, 0.15) is 5.56 Å². The van der Waals surface area contributed by atoms with Gasteiger partial charge in [0.2, 0.25) is 0 Å². The maximum absolute atomic E-state index is 13.1. The highest BCUT2D eigenvalue weighted by Gasteiger charge is 2.19. The Morgan fingerprint density at radius 1 is 0.853 bits per heavy atom. The quantitative estimate of drug-likeness (QED) is 0.386. The molecule has 0 aliphatic carbocycles. The molecule has 0 unspecified atom stereocenters. The van der Waals surface area contributed by atoms with E-state index in [1.807, 2.05) is 48.5 Å². The minimum atomic E-state index is -3.83. The first-order valence-corrected chi connectivity index (χ1v) is 12.1. The van der Waals surface area contributed by atoms with Crippen LogP contribution in [0.25, 0.3) is 11.1 Å². The van der Waals surface area contributed by atoms with Crippen LogP contribution in [0.3, 0.4) is 0 Å². The number of anilines is 2. The summed E-state index contributed by atoms with van der Waals surface area (Å²) in [5, 5.41) is 2.80. The third-order valence-electron chi connectivity index (χ3n) is 5.14. The minimum absolute atomic E-state index is 0.190. The first-order chi connectivity index (χ1) is 16.4. The van der Waals surface area contributed by atoms with Gasteiger partial charge in [0.1, 0.15) is 0 Å². The average Bonchev–Trinajstić information content (AvgIpc) is 2.86. The Morgan fingerprint density at radius 3 is 2.24 bits per heavy atom. The lowest BCUT2D eigenvalue weighted by atomic mass is 10.1. The summed E-state index contributed by atoms with van der Waals surface area (Å²) in [4.78, 5) is 18.2. The molecule has 0 atom stereocenters. The summed E-state index contributed by atoms with van der Waals surface area (Å²) in [7, 11) is -2.14. The van der Waals surface area contributed by atoms with Gasteiger partial charge in [0, 0.05) is 42.9 Å². The van der Waals surface area contributed by atoms with Crippen LogP contribution < -0.4 is 10.0 Å². The van der Waals surface area contributed by atoms with E-state index < -0.39 is 10.0 Å². The number of hydrogen-bond acceptors (Lipinski definition) is 4. The van der Waals surface area contributed by atoms with Crippen molar-refractivity contribution in [2.75, 3.05) is 17.1 Å². The topological polar surface area (TPSA) is 91.4 Å². The maximum Gasteiger partial charge on any atom is 0.321 e. The monoisotopic (exact) mass is 472 g/mol. The summed E-state index contributed by atoms with van der Waals surface area (Å²) in [6.07, 6.45) is 3.39. The molecule has 0 bridgehead atoms. The zero-order chi connectivity index (χ0) is 24.0. The fraction of sp³-hybridized carbons (Fsp3) is 0.0769. The number of nitrogens with zero attached hydrogens (tertiary/aromatic N) is 2. The summed E-state index contributed by atoms with van der Waals surface area (Å²) in [6, 6.07) is 26.2. The molecule has 3 aromatic carbocycles. The average molecular weight is 473 g/mol. The number of sulfonamides is 1. The number of amides is 2. The molecule has 1 aromatic heterocycles. The standard InChI is InChI=1S/C26H24N4O3S/c1-30(19-20-8-7-17-27-18-20)26(31)28-22-13-15-23(16-14-22)29-34(32,33)25-12-6-5-11-24(25)21-9-3-2-4-10-21/h2-18,29H,19H2,1H3,(H,28,31). The summed E-state index contributed by atoms with van der Waals surface area (Å²) in [6.45, 7) is 0.415. The first-order valence-electron chi connectivity index (χ1n) is 10.6. The number of benzene rings is 3. The lowest BCUT2D eigenvalue weighted by Crippen LogP contribution is -2.30. The third kappa shape index (κ3) is 5.60. The van der Waals surface area contributed by atoms with Crippen molar-refractivity contribution < 1.29 is 13.2 Å². The second-order valence-electron chi connectivity index (χ2n) is 7.69. The zero-order valence-electron chi connectivity index (χ0n) is 18.5. The smallest absolute Gasteiger partial charge is 0.321 e. The second-order valence-corrected chi connectivity index (χ2v) is 9.34. The summed E-state index contributed by atoms with van der Waals surface area (Å²) in [5.41, 5.74) is 3.30. The molecule has 7 nitrogen and oxygen atoms in total. The van der Waals surface area contributed by atoms with Gasteiger partial charge in [0.15, 0.2) is 0 Å². The van der Waals surface area contributed by atoms with Crippen LogP contribution in [-0.4, -0.2) is 31.4 Å². The van der Waals surface area contributed by atoms with Gasteiger partial charge in [-0.05, 0) is 47.5 Å². The number of hydrogen-bond donors (Lipinski definition) is 2. The molecule has 0 aliphatic heterocycles. The normalized spacial score (nSPS) is 11.0. The lowest BCUT2D eigenvalue weighted by molar-refractivity contribution is 0.220. The molecule has 2 N–H and O–H groups in total. The van der Waals surface area contributed by atoms with E-state index in [4.69, 9.17) is 0 Å². The van der Waals surface area contributed by atoms with E-state index in [2.05, 4.69) is 15.0 Å². The Morgan fingerprint density at radius 2 is 1.53 bits per heavy atom. The predicted molar refractivity (Wildman–Crippen MR) is 134 cm³/mol. The van der Waals surface area contributed by atoms with Crippen LogP contribution in [0, 0.1) is 0 Å². The number of rotatable bonds is 7. The van der Waals surface area contributed by atoms with E-state index in [1.165, 1.54) is 4.90 Å². The number of pyridine rings is 1. The summed E-state index contributed by atoms with van der Waals surface area (Å²) in [5.74, 6) is 0. The number of urea groups is 1. The predicted octanol–water partition coefficient (Wildman–Crippen LogP) is 5.21. The molecule has 0 fully saturated rings. The van der Waals surface area contributed by atoms with Gasteiger partial charge in [0.05, 0.1) is 4.90 Å². The number of aromatic nitrogens is 1. The third-order valence-corrected chi connectivity index (χ3v) is 6.58. The second kappa shape index (κ2) is 10.2. The Balaban J connectivity index is 1.44. The van der Waals surface area contributed by atoms with Crippen LogP contribution in [-0.2, 0) is 16.6 Å². The SMILES string of the molecule is CN(Cc1cccnc1)C(=O)Nc1ccc(NS(=O)(=O)c2ccccc2-c2ccccc2)cc1. The van der Waals surface area contributed by atoms with Crippen LogP contribution in [0.4, 0.5) is 16.2 Å². The number of carbonyl (C=O) groups is 1. The van der Waals surface area contributed by atoms with Crippen LogP contribution in [0.15, 0.2) is 108 Å². The van der Waals surface area contributed by atoms with Gasteiger partial charge < -0.3 is 10.2 Å². The van der Waals surface area contributed by atoms with E-state index in [9.17, 15) is 13.2 Å². The van der Waals surface area contributed by atoms with Gasteiger partial charge in [-0.15, -0.1) is 0 Å². The van der Waals surface area contributed by atoms with Gasteiger partial charge >= 0.3 is 6.03 Å². The highest BCUT2D eigenvalue weighted by atomic mass is 32.2. The van der Waals surface area contributed by atoms with Gasteiger partial charge in [-0.2, -0.15) is 0 Å². The van der Waals surface area contributed by atoms with Crippen molar-refractivity contribution in [1.82, 2.24) is 9.88 Å². The zero-order valence-corrected chi connectivity index (χ0v) is 19.4. The van der Waals surface area contributed by atoms with Gasteiger partial charge in [-0.25, -0.2) is 13.2 Å². The fourth-order valence-electron chi connectivity index (χ4n) is 3.45. The molecular weight excluding hydrogens is 448 g/mol. The van der Waals surface area contributed by atoms with Crippen molar-refractivity contribution in [2.24, 2.45) is 0 Å². The van der Waals surface area contributed by atoms with E-state index in [-0.39, 0.29) is 10.9 Å². The molecule has 4 rings (SSSR count).